The van der Waals surface area contributed by atoms with Crippen molar-refractivity contribution in [2.24, 2.45) is 11.8 Å². The lowest BCUT2D eigenvalue weighted by Crippen LogP contribution is -2.34. The number of amides is 1. The van der Waals surface area contributed by atoms with Crippen LogP contribution in [0.25, 0.3) is 0 Å². The summed E-state index contributed by atoms with van der Waals surface area (Å²) in [6.45, 7) is 3.73. The van der Waals surface area contributed by atoms with Gasteiger partial charge in [0.1, 0.15) is 0 Å². The molecule has 2 unspecified atom stereocenters. The molecule has 30 heavy (non-hydrogen) atoms. The van der Waals surface area contributed by atoms with Crippen molar-refractivity contribution in [1.82, 2.24) is 20.4 Å². The van der Waals surface area contributed by atoms with E-state index in [1.54, 1.807) is 12.1 Å². The van der Waals surface area contributed by atoms with Gasteiger partial charge in [-0.15, -0.1) is 0 Å². The molecule has 0 bridgehead atoms. The SMILES string of the molecule is O=C(c1n[nH]c2c1CNCCC2)N1CC2CN(c3ccccc3C(F)(F)F)CC2C1. The molecule has 9 heteroatoms. The molecule has 2 saturated heterocycles. The number of H-pyrrole nitrogens is 1. The van der Waals surface area contributed by atoms with Crippen LogP contribution in [0.15, 0.2) is 24.3 Å². The number of aromatic amines is 1. The van der Waals surface area contributed by atoms with Gasteiger partial charge in [0.25, 0.3) is 5.91 Å². The molecule has 1 aromatic carbocycles. The first kappa shape index (κ1) is 19.4. The Morgan fingerprint density at radius 3 is 2.57 bits per heavy atom. The van der Waals surface area contributed by atoms with Crippen molar-refractivity contribution in [3.05, 3.63) is 46.8 Å². The number of carbonyl (C=O) groups excluding carboxylic acids is 1. The minimum atomic E-state index is -4.37. The third-order valence-corrected chi connectivity index (χ3v) is 6.56. The number of aryl methyl sites for hydroxylation is 1. The van der Waals surface area contributed by atoms with Crippen LogP contribution in [0.3, 0.4) is 0 Å². The van der Waals surface area contributed by atoms with Crippen molar-refractivity contribution < 1.29 is 18.0 Å². The number of anilines is 1. The first-order chi connectivity index (χ1) is 14.4. The highest BCUT2D eigenvalue weighted by Gasteiger charge is 2.44. The Labute approximate surface area is 172 Å². The zero-order valence-electron chi connectivity index (χ0n) is 16.5. The Morgan fingerprint density at radius 1 is 1.10 bits per heavy atom. The van der Waals surface area contributed by atoms with E-state index >= 15 is 0 Å². The highest BCUT2D eigenvalue weighted by molar-refractivity contribution is 5.94. The van der Waals surface area contributed by atoms with E-state index in [1.807, 2.05) is 9.80 Å². The number of aromatic nitrogens is 2. The smallest absolute Gasteiger partial charge is 0.370 e. The number of para-hydroxylation sites is 1. The largest absolute Gasteiger partial charge is 0.418 e. The molecule has 5 rings (SSSR count). The summed E-state index contributed by atoms with van der Waals surface area (Å²) in [4.78, 5) is 16.8. The van der Waals surface area contributed by atoms with E-state index in [0.717, 1.165) is 36.7 Å². The second-order valence-electron chi connectivity index (χ2n) is 8.46. The summed E-state index contributed by atoms with van der Waals surface area (Å²) in [7, 11) is 0. The van der Waals surface area contributed by atoms with Crippen LogP contribution in [0, 0.1) is 11.8 Å². The third-order valence-electron chi connectivity index (χ3n) is 6.56. The number of hydrogen-bond acceptors (Lipinski definition) is 4. The third kappa shape index (κ3) is 3.34. The van der Waals surface area contributed by atoms with Crippen molar-refractivity contribution in [3.63, 3.8) is 0 Å². The molecule has 6 nitrogen and oxygen atoms in total. The van der Waals surface area contributed by atoms with Gasteiger partial charge in [-0.05, 0) is 31.5 Å². The average molecular weight is 419 g/mol. The number of rotatable bonds is 2. The van der Waals surface area contributed by atoms with E-state index in [0.29, 0.717) is 38.4 Å². The topological polar surface area (TPSA) is 64.3 Å². The fraction of sp³-hybridized carbons (Fsp3) is 0.524. The molecule has 0 saturated carbocycles. The first-order valence-corrected chi connectivity index (χ1v) is 10.4. The standard InChI is InChI=1S/C21H24F3N5O/c22-21(23,24)16-4-1-2-6-18(16)28-9-13-11-29(12-14(13)10-28)20(30)19-15-8-25-7-3-5-17(15)26-27-19/h1-2,4,6,13-14,25H,3,5,7-12H2,(H,26,27). The van der Waals surface area contributed by atoms with E-state index in [-0.39, 0.29) is 23.4 Å². The van der Waals surface area contributed by atoms with Gasteiger partial charge in [-0.1, -0.05) is 12.1 Å². The molecule has 2 fully saturated rings. The average Bonchev–Trinajstić information content (AvgIpc) is 3.36. The van der Waals surface area contributed by atoms with E-state index in [1.165, 1.54) is 6.07 Å². The van der Waals surface area contributed by atoms with Gasteiger partial charge < -0.3 is 15.1 Å². The second kappa shape index (κ2) is 7.30. The number of benzene rings is 1. The second-order valence-corrected chi connectivity index (χ2v) is 8.46. The van der Waals surface area contributed by atoms with Crippen molar-refractivity contribution in [2.75, 3.05) is 37.6 Å². The molecule has 160 valence electrons. The van der Waals surface area contributed by atoms with Gasteiger partial charge in [-0.25, -0.2) is 0 Å². The maximum atomic E-state index is 13.4. The highest BCUT2D eigenvalue weighted by Crippen LogP contribution is 2.41. The molecule has 4 heterocycles. The molecule has 3 aliphatic heterocycles. The van der Waals surface area contributed by atoms with Crippen LogP contribution < -0.4 is 10.2 Å². The monoisotopic (exact) mass is 419 g/mol. The maximum Gasteiger partial charge on any atom is 0.418 e. The van der Waals surface area contributed by atoms with Gasteiger partial charge in [0.15, 0.2) is 5.69 Å². The molecule has 1 amide bonds. The normalized spacial score (nSPS) is 24.0. The maximum absolute atomic E-state index is 13.4. The van der Waals surface area contributed by atoms with Crippen LogP contribution in [-0.2, 0) is 19.1 Å². The Kier molecular flexibility index (Phi) is 4.72. The quantitative estimate of drug-likeness (QED) is 0.786. The zero-order chi connectivity index (χ0) is 20.9. The molecule has 2 atom stereocenters. The number of likely N-dealkylation sites (tertiary alicyclic amines) is 1. The lowest BCUT2D eigenvalue weighted by atomic mass is 10.0. The number of hydrogen-bond donors (Lipinski definition) is 2. The number of halogens is 3. The van der Waals surface area contributed by atoms with Gasteiger partial charge in [-0.2, -0.15) is 18.3 Å². The summed E-state index contributed by atoms with van der Waals surface area (Å²) >= 11 is 0. The minimum Gasteiger partial charge on any atom is -0.370 e. The fourth-order valence-corrected chi connectivity index (χ4v) is 5.07. The number of fused-ring (bicyclic) bond motifs is 2. The first-order valence-electron chi connectivity index (χ1n) is 10.4. The minimum absolute atomic E-state index is 0.0761. The molecule has 0 radical (unpaired) electrons. The van der Waals surface area contributed by atoms with E-state index in [9.17, 15) is 18.0 Å². The van der Waals surface area contributed by atoms with Gasteiger partial charge in [0, 0.05) is 61.5 Å². The lowest BCUT2D eigenvalue weighted by Gasteiger charge is -2.25. The molecular weight excluding hydrogens is 395 g/mol. The molecule has 0 spiro atoms. The molecule has 1 aromatic heterocycles. The Balaban J connectivity index is 1.29. The van der Waals surface area contributed by atoms with Crippen LogP contribution in [0.4, 0.5) is 18.9 Å². The van der Waals surface area contributed by atoms with Crippen LogP contribution in [0.1, 0.15) is 33.7 Å². The van der Waals surface area contributed by atoms with E-state index in [4.69, 9.17) is 0 Å². The fourth-order valence-electron chi connectivity index (χ4n) is 5.07. The van der Waals surface area contributed by atoms with Crippen LogP contribution >= 0.6 is 0 Å². The summed E-state index contributed by atoms with van der Waals surface area (Å²) in [5.41, 5.74) is 2.11. The Hall–Kier alpha value is -2.55. The molecule has 2 N–H and O–H groups in total. The lowest BCUT2D eigenvalue weighted by molar-refractivity contribution is -0.137. The van der Waals surface area contributed by atoms with Gasteiger partial charge in [0.2, 0.25) is 0 Å². The summed E-state index contributed by atoms with van der Waals surface area (Å²) in [6.07, 6.45) is -2.49. The number of nitrogens with zero attached hydrogens (tertiary/aromatic N) is 3. The molecule has 3 aliphatic rings. The molecule has 0 aliphatic carbocycles. The van der Waals surface area contributed by atoms with Crippen molar-refractivity contribution in [1.29, 1.82) is 0 Å². The van der Waals surface area contributed by atoms with Gasteiger partial charge >= 0.3 is 6.18 Å². The summed E-state index contributed by atoms with van der Waals surface area (Å²) in [5.74, 6) is 0.268. The number of alkyl halides is 3. The molecular formula is C21H24F3N5O. The summed E-state index contributed by atoms with van der Waals surface area (Å²) in [6, 6.07) is 5.74. The van der Waals surface area contributed by atoms with Crippen LogP contribution in [0.5, 0.6) is 0 Å². The van der Waals surface area contributed by atoms with Crippen LogP contribution in [-0.4, -0.2) is 53.7 Å². The predicted molar refractivity (Wildman–Crippen MR) is 105 cm³/mol. The predicted octanol–water partition coefficient (Wildman–Crippen LogP) is 2.67. The number of carbonyl (C=O) groups is 1. The van der Waals surface area contributed by atoms with E-state index in [2.05, 4.69) is 15.5 Å². The zero-order valence-corrected chi connectivity index (χ0v) is 16.5. The van der Waals surface area contributed by atoms with E-state index < -0.39 is 11.7 Å². The summed E-state index contributed by atoms with van der Waals surface area (Å²) < 4.78 is 40.2. The van der Waals surface area contributed by atoms with Crippen molar-refractivity contribution >= 4 is 11.6 Å². The van der Waals surface area contributed by atoms with Gasteiger partial charge in [0.05, 0.1) is 5.56 Å². The highest BCUT2D eigenvalue weighted by atomic mass is 19.4. The summed E-state index contributed by atoms with van der Waals surface area (Å²) in [5, 5.41) is 10.6. The van der Waals surface area contributed by atoms with Crippen LogP contribution in [0.2, 0.25) is 0 Å². The number of nitrogens with one attached hydrogen (secondary N) is 2. The van der Waals surface area contributed by atoms with Crippen molar-refractivity contribution in [2.45, 2.75) is 25.6 Å². The Morgan fingerprint density at radius 2 is 1.83 bits per heavy atom. The van der Waals surface area contributed by atoms with Crippen molar-refractivity contribution in [3.8, 4) is 0 Å². The van der Waals surface area contributed by atoms with Gasteiger partial charge in [-0.3, -0.25) is 9.89 Å². The Bertz CT molecular complexity index is 942. The molecule has 2 aromatic rings.